The fraction of sp³-hybridized carbons (Fsp3) is 0.273. The summed E-state index contributed by atoms with van der Waals surface area (Å²) in [4.78, 5) is 29.4. The minimum atomic E-state index is -0.471. The lowest BCUT2D eigenvalue weighted by molar-refractivity contribution is -0.132. The number of fused-ring (bicyclic) bond motifs is 1. The number of esters is 1. The average Bonchev–Trinajstić information content (AvgIpc) is 2.73. The van der Waals surface area contributed by atoms with Gasteiger partial charge in [0.1, 0.15) is 5.82 Å². The molecule has 0 saturated carbocycles. The molecule has 0 amide bonds. The molecule has 0 saturated heterocycles. The standard InChI is InChI=1S/C22H20Br3N3O4/c1-5-31-17-8-13(18(24)19(25)20(17)32-12(4)29)10-26-28-21(11(2)3)27-16-7-6-14(23)9-15(16)22(28)30/h6-11H,5H2,1-4H3. The van der Waals surface area contributed by atoms with Gasteiger partial charge < -0.3 is 9.47 Å². The van der Waals surface area contributed by atoms with Crippen molar-refractivity contribution in [3.05, 3.63) is 59.4 Å². The summed E-state index contributed by atoms with van der Waals surface area (Å²) in [5.41, 5.74) is 0.960. The van der Waals surface area contributed by atoms with E-state index in [1.54, 1.807) is 18.2 Å². The number of carbonyl (C=O) groups is 1. The summed E-state index contributed by atoms with van der Waals surface area (Å²) in [6, 6.07) is 7.07. The number of carbonyl (C=O) groups excluding carboxylic acids is 1. The molecule has 32 heavy (non-hydrogen) atoms. The van der Waals surface area contributed by atoms with E-state index < -0.39 is 5.97 Å². The van der Waals surface area contributed by atoms with Gasteiger partial charge in [0.2, 0.25) is 0 Å². The smallest absolute Gasteiger partial charge is 0.308 e. The molecular formula is C22H20Br3N3O4. The summed E-state index contributed by atoms with van der Waals surface area (Å²) in [6.45, 7) is 7.42. The van der Waals surface area contributed by atoms with Gasteiger partial charge in [0.15, 0.2) is 11.5 Å². The number of nitrogens with zero attached hydrogens (tertiary/aromatic N) is 3. The van der Waals surface area contributed by atoms with E-state index in [1.165, 1.54) is 17.8 Å². The van der Waals surface area contributed by atoms with Crippen molar-refractivity contribution < 1.29 is 14.3 Å². The molecule has 1 heterocycles. The predicted molar refractivity (Wildman–Crippen MR) is 135 cm³/mol. The molecule has 1 aromatic heterocycles. The van der Waals surface area contributed by atoms with Gasteiger partial charge in [-0.2, -0.15) is 9.78 Å². The van der Waals surface area contributed by atoms with Crippen LogP contribution in [0, 0.1) is 0 Å². The molecule has 7 nitrogen and oxygen atoms in total. The van der Waals surface area contributed by atoms with Crippen LogP contribution >= 0.6 is 47.8 Å². The van der Waals surface area contributed by atoms with Crippen LogP contribution in [-0.4, -0.2) is 28.5 Å². The zero-order valence-corrected chi connectivity index (χ0v) is 22.5. The van der Waals surface area contributed by atoms with E-state index in [1.807, 2.05) is 26.8 Å². The topological polar surface area (TPSA) is 82.8 Å². The van der Waals surface area contributed by atoms with Crippen LogP contribution in [-0.2, 0) is 4.79 Å². The monoisotopic (exact) mass is 627 g/mol. The summed E-state index contributed by atoms with van der Waals surface area (Å²) in [7, 11) is 0. The number of ether oxygens (including phenoxy) is 2. The third-order valence-electron chi connectivity index (χ3n) is 4.36. The Kier molecular flexibility index (Phi) is 7.89. The minimum absolute atomic E-state index is 0.0339. The Morgan fingerprint density at radius 3 is 2.56 bits per heavy atom. The molecule has 0 unspecified atom stereocenters. The normalized spacial score (nSPS) is 11.5. The van der Waals surface area contributed by atoms with Gasteiger partial charge in [-0.25, -0.2) is 4.98 Å². The van der Waals surface area contributed by atoms with Crippen LogP contribution in [0.15, 0.2) is 47.6 Å². The van der Waals surface area contributed by atoms with E-state index in [0.29, 0.717) is 43.6 Å². The summed E-state index contributed by atoms with van der Waals surface area (Å²) in [6.07, 6.45) is 1.54. The van der Waals surface area contributed by atoms with Crippen LogP contribution in [0.2, 0.25) is 0 Å². The Bertz CT molecular complexity index is 1290. The lowest BCUT2D eigenvalue weighted by Crippen LogP contribution is -2.23. The molecule has 0 aliphatic rings. The quantitative estimate of drug-likeness (QED) is 0.189. The van der Waals surface area contributed by atoms with Crippen molar-refractivity contribution in [1.82, 2.24) is 9.66 Å². The average molecular weight is 630 g/mol. The van der Waals surface area contributed by atoms with E-state index in [4.69, 9.17) is 9.47 Å². The first-order valence-electron chi connectivity index (χ1n) is 9.73. The SMILES string of the molecule is CCOc1cc(C=Nn2c(C(C)C)nc3ccc(Br)cc3c2=O)c(Br)c(Br)c1OC(C)=O. The first-order chi connectivity index (χ1) is 15.1. The fourth-order valence-corrected chi connectivity index (χ4v) is 4.23. The molecule has 10 heteroatoms. The molecule has 0 N–H and O–H groups in total. The molecule has 0 aliphatic heterocycles. The van der Waals surface area contributed by atoms with E-state index in [2.05, 4.69) is 57.9 Å². The van der Waals surface area contributed by atoms with Crippen LogP contribution < -0.4 is 15.0 Å². The molecule has 0 radical (unpaired) electrons. The van der Waals surface area contributed by atoms with E-state index >= 15 is 0 Å². The highest BCUT2D eigenvalue weighted by Crippen LogP contribution is 2.42. The summed E-state index contributed by atoms with van der Waals surface area (Å²) < 4.78 is 14.1. The lowest BCUT2D eigenvalue weighted by atomic mass is 10.2. The molecule has 0 atom stereocenters. The third-order valence-corrected chi connectivity index (χ3v) is 7.00. The molecule has 168 valence electrons. The Morgan fingerprint density at radius 1 is 1.22 bits per heavy atom. The van der Waals surface area contributed by atoms with Crippen molar-refractivity contribution >= 4 is 70.9 Å². The maximum absolute atomic E-state index is 13.2. The highest BCUT2D eigenvalue weighted by molar-refractivity contribution is 9.13. The molecule has 3 rings (SSSR count). The van der Waals surface area contributed by atoms with Crippen molar-refractivity contribution in [2.75, 3.05) is 6.61 Å². The third kappa shape index (κ3) is 5.13. The molecule has 0 fully saturated rings. The second kappa shape index (κ2) is 10.3. The van der Waals surface area contributed by atoms with Gasteiger partial charge in [0.05, 0.1) is 28.2 Å². The van der Waals surface area contributed by atoms with Crippen molar-refractivity contribution in [1.29, 1.82) is 0 Å². The Morgan fingerprint density at radius 2 is 1.94 bits per heavy atom. The van der Waals surface area contributed by atoms with Gasteiger partial charge >= 0.3 is 5.97 Å². The fourth-order valence-electron chi connectivity index (χ4n) is 2.97. The van der Waals surface area contributed by atoms with E-state index in [0.717, 1.165) is 4.47 Å². The molecule has 0 bridgehead atoms. The predicted octanol–water partition coefficient (Wildman–Crippen LogP) is 6.01. The first-order valence-corrected chi connectivity index (χ1v) is 12.1. The second-order valence-electron chi connectivity index (χ2n) is 7.10. The van der Waals surface area contributed by atoms with Gasteiger partial charge in [-0.15, -0.1) is 0 Å². The van der Waals surface area contributed by atoms with Crippen molar-refractivity contribution in [2.24, 2.45) is 5.10 Å². The zero-order valence-electron chi connectivity index (χ0n) is 17.8. The van der Waals surface area contributed by atoms with E-state index in [-0.39, 0.29) is 17.2 Å². The molecule has 2 aromatic carbocycles. The Balaban J connectivity index is 2.18. The number of rotatable bonds is 6. The molecule has 0 aliphatic carbocycles. The van der Waals surface area contributed by atoms with Crippen LogP contribution in [0.25, 0.3) is 10.9 Å². The number of hydrogen-bond donors (Lipinski definition) is 0. The molecular weight excluding hydrogens is 610 g/mol. The van der Waals surface area contributed by atoms with Crippen LogP contribution in [0.5, 0.6) is 11.5 Å². The maximum atomic E-state index is 13.2. The van der Waals surface area contributed by atoms with Crippen LogP contribution in [0.4, 0.5) is 0 Å². The summed E-state index contributed by atoms with van der Waals surface area (Å²) >= 11 is 10.4. The largest absolute Gasteiger partial charge is 0.490 e. The number of aromatic nitrogens is 2. The van der Waals surface area contributed by atoms with Gasteiger partial charge in [0.25, 0.3) is 5.56 Å². The summed E-state index contributed by atoms with van der Waals surface area (Å²) in [5.74, 6) is 0.671. The van der Waals surface area contributed by atoms with Gasteiger partial charge in [-0.3, -0.25) is 9.59 Å². The first kappa shape index (κ1) is 24.6. The van der Waals surface area contributed by atoms with Crippen LogP contribution in [0.3, 0.4) is 0 Å². The van der Waals surface area contributed by atoms with Crippen molar-refractivity contribution in [3.63, 3.8) is 0 Å². The van der Waals surface area contributed by atoms with E-state index in [9.17, 15) is 9.59 Å². The highest BCUT2D eigenvalue weighted by atomic mass is 79.9. The van der Waals surface area contributed by atoms with Gasteiger partial charge in [0, 0.05) is 27.4 Å². The second-order valence-corrected chi connectivity index (χ2v) is 9.60. The van der Waals surface area contributed by atoms with Crippen LogP contribution in [0.1, 0.15) is 45.0 Å². The Hall–Kier alpha value is -2.04. The van der Waals surface area contributed by atoms with Gasteiger partial charge in [-0.1, -0.05) is 29.8 Å². The number of benzene rings is 2. The maximum Gasteiger partial charge on any atom is 0.308 e. The molecule has 0 spiro atoms. The minimum Gasteiger partial charge on any atom is -0.490 e. The summed E-state index contributed by atoms with van der Waals surface area (Å²) in [5, 5.41) is 4.92. The highest BCUT2D eigenvalue weighted by Gasteiger charge is 2.19. The zero-order chi connectivity index (χ0) is 23.6. The Labute approximate surface area is 210 Å². The molecule has 3 aromatic rings. The van der Waals surface area contributed by atoms with Crippen molar-refractivity contribution in [3.8, 4) is 11.5 Å². The lowest BCUT2D eigenvalue weighted by Gasteiger charge is -2.15. The number of halogens is 3. The van der Waals surface area contributed by atoms with Crippen molar-refractivity contribution in [2.45, 2.75) is 33.6 Å². The van der Waals surface area contributed by atoms with Gasteiger partial charge in [-0.05, 0) is 63.0 Å². The number of hydrogen-bond acceptors (Lipinski definition) is 6.